The Morgan fingerprint density at radius 1 is 1.06 bits per heavy atom. The molecule has 0 saturated heterocycles. The van der Waals surface area contributed by atoms with E-state index in [-0.39, 0.29) is 29.5 Å². The van der Waals surface area contributed by atoms with E-state index in [1.54, 1.807) is 23.2 Å². The largest absolute Gasteiger partial charge is 0.490 e. The Balaban J connectivity index is 1.59. The summed E-state index contributed by atoms with van der Waals surface area (Å²) in [7, 11) is 0. The van der Waals surface area contributed by atoms with Gasteiger partial charge in [-0.15, -0.1) is 0 Å². The van der Waals surface area contributed by atoms with Crippen molar-refractivity contribution in [1.29, 1.82) is 0 Å². The number of hydrogen-bond acceptors (Lipinski definition) is 6. The molecule has 3 atom stereocenters. The lowest BCUT2D eigenvalue weighted by Gasteiger charge is -2.35. The molecule has 1 fully saturated rings. The van der Waals surface area contributed by atoms with Crippen LogP contribution in [0.5, 0.6) is 11.5 Å². The van der Waals surface area contributed by atoms with Crippen LogP contribution in [-0.2, 0) is 14.3 Å². The van der Waals surface area contributed by atoms with Crippen molar-refractivity contribution in [2.75, 3.05) is 18.1 Å². The average Bonchev–Trinajstić information content (AvgIpc) is 3.18. The van der Waals surface area contributed by atoms with Gasteiger partial charge >= 0.3 is 0 Å². The maximum Gasteiger partial charge on any atom is 0.295 e. The van der Waals surface area contributed by atoms with Gasteiger partial charge in [-0.25, -0.2) is 4.98 Å². The predicted octanol–water partition coefficient (Wildman–Crippen LogP) is 5.16. The van der Waals surface area contributed by atoms with Gasteiger partial charge in [0.15, 0.2) is 23.0 Å². The smallest absolute Gasteiger partial charge is 0.295 e. The number of pyridine rings is 1. The van der Waals surface area contributed by atoms with Gasteiger partial charge < -0.3 is 14.2 Å². The molecule has 0 bridgehead atoms. The molecule has 0 N–H and O–H groups in total. The van der Waals surface area contributed by atoms with Crippen LogP contribution in [0.2, 0.25) is 0 Å². The first kappa shape index (κ1) is 23.4. The van der Waals surface area contributed by atoms with Gasteiger partial charge in [0.05, 0.1) is 30.7 Å². The van der Waals surface area contributed by atoms with Crippen molar-refractivity contribution in [1.82, 2.24) is 4.98 Å². The molecular weight excluding hydrogens is 444 g/mol. The molecule has 184 valence electrons. The van der Waals surface area contributed by atoms with E-state index in [9.17, 15) is 9.59 Å². The van der Waals surface area contributed by atoms with Crippen LogP contribution < -0.4 is 14.4 Å². The quantitative estimate of drug-likeness (QED) is 0.490. The molecule has 5 rings (SSSR count). The van der Waals surface area contributed by atoms with Gasteiger partial charge in [-0.1, -0.05) is 31.9 Å². The Morgan fingerprint density at radius 2 is 1.91 bits per heavy atom. The lowest BCUT2D eigenvalue weighted by atomic mass is 9.77. The summed E-state index contributed by atoms with van der Waals surface area (Å²) in [6.45, 7) is 5.11. The van der Waals surface area contributed by atoms with Crippen molar-refractivity contribution in [3.8, 4) is 11.5 Å². The maximum atomic E-state index is 13.8. The number of carbonyl (C=O) groups is 2. The van der Waals surface area contributed by atoms with Gasteiger partial charge in [0, 0.05) is 6.20 Å². The summed E-state index contributed by atoms with van der Waals surface area (Å²) >= 11 is 0. The Morgan fingerprint density at radius 3 is 2.69 bits per heavy atom. The van der Waals surface area contributed by atoms with Crippen molar-refractivity contribution in [2.45, 2.75) is 64.5 Å². The number of ether oxygens (including phenoxy) is 3. The van der Waals surface area contributed by atoms with Crippen LogP contribution >= 0.6 is 0 Å². The number of carbonyl (C=O) groups excluding carboxylic acids is 2. The van der Waals surface area contributed by atoms with Crippen molar-refractivity contribution < 1.29 is 23.8 Å². The van der Waals surface area contributed by atoms with Gasteiger partial charge in [0.25, 0.3) is 5.91 Å². The van der Waals surface area contributed by atoms with E-state index in [0.29, 0.717) is 36.1 Å². The number of benzene rings is 1. The number of ketones is 1. The highest BCUT2D eigenvalue weighted by Crippen LogP contribution is 2.48. The standard InChI is InChI=1S/C28H32N2O5/c1-3-5-16-34-21-14-13-18(17-22(21)33-4-2)25-24-26(31)19-10-6-7-11-20(19)35-27(24)28(32)30(25)23-12-8-9-15-29-23/h8-9,12-15,17,19-20,25H,3-7,10-11,16H2,1-2H3. The Kier molecular flexibility index (Phi) is 6.75. The molecule has 3 heterocycles. The summed E-state index contributed by atoms with van der Waals surface area (Å²) in [4.78, 5) is 33.5. The third-order valence-electron chi connectivity index (χ3n) is 7.00. The highest BCUT2D eigenvalue weighted by Gasteiger charge is 2.52. The van der Waals surface area contributed by atoms with Gasteiger partial charge in [-0.3, -0.25) is 14.5 Å². The Labute approximate surface area is 206 Å². The summed E-state index contributed by atoms with van der Waals surface area (Å²) in [6.07, 6.45) is 7.00. The number of hydrogen-bond donors (Lipinski definition) is 0. The SMILES string of the molecule is CCCCOc1ccc(C2C3=C(OC4CCCCC4C3=O)C(=O)N2c2ccccn2)cc1OCC. The molecule has 1 amide bonds. The molecule has 0 radical (unpaired) electrons. The fourth-order valence-electron chi connectivity index (χ4n) is 5.30. The molecule has 1 aromatic carbocycles. The van der Waals surface area contributed by atoms with Crippen molar-refractivity contribution in [3.63, 3.8) is 0 Å². The molecular formula is C28H32N2O5. The van der Waals surface area contributed by atoms with Crippen molar-refractivity contribution in [2.24, 2.45) is 5.92 Å². The van der Waals surface area contributed by atoms with Crippen molar-refractivity contribution >= 4 is 17.5 Å². The van der Waals surface area contributed by atoms with Crippen LogP contribution in [-0.4, -0.2) is 36.0 Å². The third-order valence-corrected chi connectivity index (χ3v) is 7.00. The number of nitrogens with zero attached hydrogens (tertiary/aromatic N) is 2. The second kappa shape index (κ2) is 10.1. The third kappa shape index (κ3) is 4.28. The second-order valence-corrected chi connectivity index (χ2v) is 9.26. The molecule has 2 aromatic rings. The normalized spacial score (nSPS) is 23.6. The molecule has 1 aromatic heterocycles. The Hall–Kier alpha value is -3.35. The minimum Gasteiger partial charge on any atom is -0.490 e. The number of aromatic nitrogens is 1. The molecule has 3 unspecified atom stereocenters. The van der Waals surface area contributed by atoms with Crippen molar-refractivity contribution in [3.05, 3.63) is 59.5 Å². The zero-order valence-electron chi connectivity index (χ0n) is 20.4. The summed E-state index contributed by atoms with van der Waals surface area (Å²) < 4.78 is 18.1. The van der Waals surface area contributed by atoms with Gasteiger partial charge in [0.2, 0.25) is 0 Å². The second-order valence-electron chi connectivity index (χ2n) is 9.26. The van der Waals surface area contributed by atoms with E-state index >= 15 is 0 Å². The van der Waals surface area contributed by atoms with E-state index in [4.69, 9.17) is 14.2 Å². The first-order valence-electron chi connectivity index (χ1n) is 12.7. The number of rotatable bonds is 8. The molecule has 1 saturated carbocycles. The van der Waals surface area contributed by atoms with Gasteiger partial charge in [-0.2, -0.15) is 0 Å². The fraction of sp³-hybridized carbons (Fsp3) is 0.464. The minimum absolute atomic E-state index is 0.0222. The highest BCUT2D eigenvalue weighted by atomic mass is 16.5. The summed E-state index contributed by atoms with van der Waals surface area (Å²) in [5.41, 5.74) is 1.21. The number of anilines is 1. The lowest BCUT2D eigenvalue weighted by molar-refractivity contribution is -0.131. The summed E-state index contributed by atoms with van der Waals surface area (Å²) in [6, 6.07) is 10.5. The zero-order chi connectivity index (χ0) is 24.4. The number of unbranched alkanes of at least 4 members (excludes halogenated alkanes) is 1. The number of Topliss-reactive ketones (excluding diaryl/α,β-unsaturated/α-hetero) is 1. The molecule has 1 aliphatic carbocycles. The first-order valence-corrected chi connectivity index (χ1v) is 12.7. The molecule has 35 heavy (non-hydrogen) atoms. The van der Waals surface area contributed by atoms with Crippen LogP contribution in [0.25, 0.3) is 0 Å². The lowest BCUT2D eigenvalue weighted by Crippen LogP contribution is -2.39. The average molecular weight is 477 g/mol. The predicted molar refractivity (Wildman–Crippen MR) is 131 cm³/mol. The van der Waals surface area contributed by atoms with Gasteiger partial charge in [0.1, 0.15) is 11.9 Å². The molecule has 3 aliphatic rings. The summed E-state index contributed by atoms with van der Waals surface area (Å²) in [5, 5.41) is 0. The van der Waals surface area contributed by atoms with E-state index in [2.05, 4.69) is 11.9 Å². The van der Waals surface area contributed by atoms with Crippen LogP contribution in [0, 0.1) is 5.92 Å². The number of fused-ring (bicyclic) bond motifs is 1. The van der Waals surface area contributed by atoms with Gasteiger partial charge in [-0.05, 0) is 62.4 Å². The number of amides is 1. The van der Waals surface area contributed by atoms with E-state index in [1.807, 2.05) is 31.2 Å². The van der Waals surface area contributed by atoms with Crippen LogP contribution in [0.1, 0.15) is 64.0 Å². The van der Waals surface area contributed by atoms with E-state index in [0.717, 1.165) is 44.1 Å². The zero-order valence-corrected chi connectivity index (χ0v) is 20.4. The van der Waals surface area contributed by atoms with E-state index in [1.165, 1.54) is 0 Å². The van der Waals surface area contributed by atoms with Crippen LogP contribution in [0.3, 0.4) is 0 Å². The molecule has 0 spiro atoms. The Bertz CT molecular complexity index is 1130. The molecule has 2 aliphatic heterocycles. The van der Waals surface area contributed by atoms with E-state index < -0.39 is 6.04 Å². The van der Waals surface area contributed by atoms with Crippen LogP contribution in [0.15, 0.2) is 53.9 Å². The molecule has 7 heteroatoms. The highest BCUT2D eigenvalue weighted by molar-refractivity contribution is 6.17. The van der Waals surface area contributed by atoms with Crippen LogP contribution in [0.4, 0.5) is 5.82 Å². The molecule has 7 nitrogen and oxygen atoms in total. The topological polar surface area (TPSA) is 78.0 Å². The fourth-order valence-corrected chi connectivity index (χ4v) is 5.30. The first-order chi connectivity index (χ1) is 17.1. The summed E-state index contributed by atoms with van der Waals surface area (Å²) in [5.74, 6) is 1.42. The minimum atomic E-state index is -0.633. The monoisotopic (exact) mass is 476 g/mol. The maximum absolute atomic E-state index is 13.8.